The minimum Gasteiger partial charge on any atom is -0.392 e. The summed E-state index contributed by atoms with van der Waals surface area (Å²) < 4.78 is 6.28. The standard InChI is InChI=1S/C20H37NO2/c1-19(2)16-8-10-20(19,3)18(14-16)23-13-9-17(22)15-21-11-6-4-5-7-12-21/h16-18,22H,4-15H2,1-3H3/t16-,17+,18-,20-/m1/s1. The molecule has 3 aliphatic rings. The maximum Gasteiger partial charge on any atom is 0.0689 e. The predicted octanol–water partition coefficient (Wildman–Crippen LogP) is 3.84. The summed E-state index contributed by atoms with van der Waals surface area (Å²) in [6, 6.07) is 0. The van der Waals surface area contributed by atoms with E-state index in [2.05, 4.69) is 25.7 Å². The molecule has 1 N–H and O–H groups in total. The highest BCUT2D eigenvalue weighted by Crippen LogP contribution is 2.66. The fourth-order valence-corrected chi connectivity index (χ4v) is 5.44. The van der Waals surface area contributed by atoms with Crippen LogP contribution >= 0.6 is 0 Å². The van der Waals surface area contributed by atoms with Crippen LogP contribution in [0.25, 0.3) is 0 Å². The Morgan fingerprint density at radius 2 is 1.83 bits per heavy atom. The van der Waals surface area contributed by atoms with Crippen molar-refractivity contribution in [3.8, 4) is 0 Å². The van der Waals surface area contributed by atoms with Crippen LogP contribution in [0.15, 0.2) is 0 Å². The van der Waals surface area contributed by atoms with Gasteiger partial charge < -0.3 is 14.7 Å². The normalized spacial score (nSPS) is 38.6. The summed E-state index contributed by atoms with van der Waals surface area (Å²) in [6.07, 6.45) is 10.2. The third-order valence-corrected chi connectivity index (χ3v) is 7.65. The number of aliphatic hydroxyl groups excluding tert-OH is 1. The van der Waals surface area contributed by atoms with Gasteiger partial charge in [-0.3, -0.25) is 0 Å². The highest BCUT2D eigenvalue weighted by Gasteiger charge is 2.61. The molecule has 0 amide bonds. The van der Waals surface area contributed by atoms with Gasteiger partial charge in [0.1, 0.15) is 0 Å². The van der Waals surface area contributed by atoms with E-state index in [1.54, 1.807) is 0 Å². The third kappa shape index (κ3) is 3.48. The fraction of sp³-hybridized carbons (Fsp3) is 1.00. The summed E-state index contributed by atoms with van der Waals surface area (Å²) in [6.45, 7) is 11.2. The van der Waals surface area contributed by atoms with Gasteiger partial charge in [0.2, 0.25) is 0 Å². The lowest BCUT2D eigenvalue weighted by Gasteiger charge is -2.39. The largest absolute Gasteiger partial charge is 0.392 e. The van der Waals surface area contributed by atoms with Crippen LogP contribution in [0.2, 0.25) is 0 Å². The molecule has 134 valence electrons. The molecule has 2 bridgehead atoms. The first-order valence-corrected chi connectivity index (χ1v) is 9.95. The van der Waals surface area contributed by atoms with Crippen LogP contribution in [0, 0.1) is 16.7 Å². The van der Waals surface area contributed by atoms with Crippen LogP contribution in [-0.2, 0) is 4.74 Å². The molecule has 3 heteroatoms. The lowest BCUT2D eigenvalue weighted by atomic mass is 9.70. The third-order valence-electron chi connectivity index (χ3n) is 7.65. The van der Waals surface area contributed by atoms with Crippen LogP contribution in [0.1, 0.15) is 72.1 Å². The highest BCUT2D eigenvalue weighted by molar-refractivity contribution is 5.11. The number of ether oxygens (including phenoxy) is 1. The number of nitrogens with zero attached hydrogens (tertiary/aromatic N) is 1. The van der Waals surface area contributed by atoms with Crippen LogP contribution in [0.3, 0.4) is 0 Å². The van der Waals surface area contributed by atoms with Crippen LogP contribution in [0.4, 0.5) is 0 Å². The van der Waals surface area contributed by atoms with Gasteiger partial charge in [0.25, 0.3) is 0 Å². The molecule has 4 atom stereocenters. The van der Waals surface area contributed by atoms with Crippen molar-refractivity contribution < 1.29 is 9.84 Å². The Morgan fingerprint density at radius 3 is 2.39 bits per heavy atom. The zero-order chi connectivity index (χ0) is 16.5. The molecule has 1 heterocycles. The van der Waals surface area contributed by atoms with Crippen LogP contribution in [0.5, 0.6) is 0 Å². The number of fused-ring (bicyclic) bond motifs is 2. The van der Waals surface area contributed by atoms with Crippen LogP contribution < -0.4 is 0 Å². The number of β-amino-alcohol motifs (C(OH)–C–C–N with tert-alkyl or cyclic N) is 1. The molecule has 2 saturated carbocycles. The first kappa shape index (κ1) is 17.7. The molecule has 0 aromatic rings. The van der Waals surface area contributed by atoms with E-state index in [0.29, 0.717) is 16.9 Å². The fourth-order valence-electron chi connectivity index (χ4n) is 5.44. The number of rotatable bonds is 6. The number of hydrogen-bond donors (Lipinski definition) is 1. The summed E-state index contributed by atoms with van der Waals surface area (Å²) in [5.74, 6) is 0.833. The Morgan fingerprint density at radius 1 is 1.13 bits per heavy atom. The molecule has 1 saturated heterocycles. The first-order valence-electron chi connectivity index (χ1n) is 9.95. The predicted molar refractivity (Wildman–Crippen MR) is 94.5 cm³/mol. The number of hydrogen-bond acceptors (Lipinski definition) is 3. The van der Waals surface area contributed by atoms with Crippen molar-refractivity contribution in [3.05, 3.63) is 0 Å². The monoisotopic (exact) mass is 323 g/mol. The summed E-state index contributed by atoms with van der Waals surface area (Å²) in [4.78, 5) is 2.44. The Kier molecular flexibility index (Phi) is 5.40. The highest BCUT2D eigenvalue weighted by atomic mass is 16.5. The van der Waals surface area contributed by atoms with E-state index >= 15 is 0 Å². The second-order valence-corrected chi connectivity index (χ2v) is 9.13. The summed E-state index contributed by atoms with van der Waals surface area (Å²) in [5.41, 5.74) is 0.760. The lowest BCUT2D eigenvalue weighted by Crippen LogP contribution is -2.38. The van der Waals surface area contributed by atoms with Crippen molar-refractivity contribution in [3.63, 3.8) is 0 Å². The molecule has 23 heavy (non-hydrogen) atoms. The van der Waals surface area contributed by atoms with Crippen molar-refractivity contribution in [1.29, 1.82) is 0 Å². The maximum absolute atomic E-state index is 10.3. The second-order valence-electron chi connectivity index (χ2n) is 9.13. The molecule has 0 aromatic carbocycles. The van der Waals surface area contributed by atoms with Crippen LogP contribution in [-0.4, -0.2) is 48.5 Å². The van der Waals surface area contributed by atoms with Gasteiger partial charge >= 0.3 is 0 Å². The molecule has 0 aromatic heterocycles. The minimum absolute atomic E-state index is 0.229. The molecular formula is C20H37NO2. The van der Waals surface area contributed by atoms with Gasteiger partial charge in [-0.25, -0.2) is 0 Å². The Bertz CT molecular complexity index is 389. The Labute approximate surface area is 142 Å². The van der Waals surface area contributed by atoms with Gasteiger partial charge in [-0.05, 0) is 68.4 Å². The van der Waals surface area contributed by atoms with Crippen molar-refractivity contribution in [1.82, 2.24) is 4.90 Å². The zero-order valence-corrected chi connectivity index (χ0v) is 15.5. The molecule has 3 rings (SSSR count). The smallest absolute Gasteiger partial charge is 0.0689 e. The quantitative estimate of drug-likeness (QED) is 0.806. The molecule has 3 fully saturated rings. The van der Waals surface area contributed by atoms with Gasteiger partial charge in [-0.1, -0.05) is 33.6 Å². The van der Waals surface area contributed by atoms with Gasteiger partial charge in [-0.2, -0.15) is 0 Å². The van der Waals surface area contributed by atoms with Crippen molar-refractivity contribution in [2.45, 2.75) is 84.3 Å². The minimum atomic E-state index is -0.229. The van der Waals surface area contributed by atoms with Crippen molar-refractivity contribution in [2.24, 2.45) is 16.7 Å². The topological polar surface area (TPSA) is 32.7 Å². The summed E-state index contributed by atoms with van der Waals surface area (Å²) in [5, 5.41) is 10.3. The number of aliphatic hydroxyl groups is 1. The molecule has 3 nitrogen and oxygen atoms in total. The van der Waals surface area contributed by atoms with E-state index < -0.39 is 0 Å². The average molecular weight is 324 g/mol. The summed E-state index contributed by atoms with van der Waals surface area (Å²) in [7, 11) is 0. The average Bonchev–Trinajstić information content (AvgIpc) is 2.75. The molecule has 0 unspecified atom stereocenters. The molecular weight excluding hydrogens is 286 g/mol. The first-order chi connectivity index (χ1) is 10.9. The summed E-state index contributed by atoms with van der Waals surface area (Å²) >= 11 is 0. The zero-order valence-electron chi connectivity index (χ0n) is 15.5. The maximum atomic E-state index is 10.3. The van der Waals surface area contributed by atoms with E-state index in [9.17, 15) is 5.11 Å². The van der Waals surface area contributed by atoms with Crippen molar-refractivity contribution >= 4 is 0 Å². The Balaban J connectivity index is 1.40. The van der Waals surface area contributed by atoms with E-state index in [1.807, 2.05) is 0 Å². The molecule has 2 aliphatic carbocycles. The molecule has 1 aliphatic heterocycles. The van der Waals surface area contributed by atoms with Gasteiger partial charge in [-0.15, -0.1) is 0 Å². The second kappa shape index (κ2) is 7.01. The van der Waals surface area contributed by atoms with Crippen molar-refractivity contribution in [2.75, 3.05) is 26.2 Å². The van der Waals surface area contributed by atoms with E-state index in [-0.39, 0.29) is 6.10 Å². The van der Waals surface area contributed by atoms with Gasteiger partial charge in [0.05, 0.1) is 12.2 Å². The Hall–Kier alpha value is -0.120. The van der Waals surface area contributed by atoms with E-state index in [1.165, 1.54) is 44.9 Å². The van der Waals surface area contributed by atoms with E-state index in [0.717, 1.165) is 38.6 Å². The molecule has 0 radical (unpaired) electrons. The lowest BCUT2D eigenvalue weighted by molar-refractivity contribution is -0.0563. The van der Waals surface area contributed by atoms with Gasteiger partial charge in [0.15, 0.2) is 0 Å². The SMILES string of the molecule is CC1(C)[C@@H]2CC[C@]1(C)[C@H](OCC[C@H](O)CN1CCCCCC1)C2. The van der Waals surface area contributed by atoms with E-state index in [4.69, 9.17) is 4.74 Å². The molecule has 0 spiro atoms. The van der Waals surface area contributed by atoms with Gasteiger partial charge in [0, 0.05) is 13.2 Å². The number of likely N-dealkylation sites (tertiary alicyclic amines) is 1.